The van der Waals surface area contributed by atoms with Crippen LogP contribution in [-0.2, 0) is 17.8 Å². The fraction of sp³-hybridized carbons (Fsp3) is 0.458. The summed E-state index contributed by atoms with van der Waals surface area (Å²) in [6.45, 7) is 8.47. The number of anilines is 2. The number of hydrogen-bond acceptors (Lipinski definition) is 4. The lowest BCUT2D eigenvalue weighted by molar-refractivity contribution is -0.130. The third kappa shape index (κ3) is 4.90. The van der Waals surface area contributed by atoms with Gasteiger partial charge in [-0.2, -0.15) is 0 Å². The molecule has 0 atom stereocenters. The average Bonchev–Trinajstić information content (AvgIpc) is 3.24. The van der Waals surface area contributed by atoms with Gasteiger partial charge in [0.2, 0.25) is 5.91 Å². The van der Waals surface area contributed by atoms with Crippen LogP contribution in [0, 0.1) is 6.92 Å². The standard InChI is InChI=1S/C24H31ClN4O/c1-18-14-19(17-27-8-2-3-9-27)15-23(25)22(18)16-24(30)29-12-10-28(11-13-29)21-6-4-20(26)5-7-21/h4-7,14-15H,2-3,8-13,16-17,26H2,1H3. The number of benzene rings is 2. The first kappa shape index (κ1) is 21.0. The molecule has 0 unspecified atom stereocenters. The molecular weight excluding hydrogens is 396 g/mol. The van der Waals surface area contributed by atoms with Crippen LogP contribution in [0.4, 0.5) is 11.4 Å². The molecule has 160 valence electrons. The van der Waals surface area contributed by atoms with Gasteiger partial charge in [-0.1, -0.05) is 17.7 Å². The molecule has 0 spiro atoms. The van der Waals surface area contributed by atoms with Crippen LogP contribution in [0.5, 0.6) is 0 Å². The molecule has 2 aromatic rings. The summed E-state index contributed by atoms with van der Waals surface area (Å²) in [7, 11) is 0. The Balaban J connectivity index is 1.35. The number of aryl methyl sites for hydroxylation is 1. The second-order valence-electron chi connectivity index (χ2n) is 8.49. The molecule has 0 aromatic heterocycles. The van der Waals surface area contributed by atoms with Gasteiger partial charge >= 0.3 is 0 Å². The van der Waals surface area contributed by atoms with Crippen LogP contribution in [0.1, 0.15) is 29.5 Å². The van der Waals surface area contributed by atoms with Crippen LogP contribution in [0.2, 0.25) is 5.02 Å². The predicted molar refractivity (Wildman–Crippen MR) is 124 cm³/mol. The van der Waals surface area contributed by atoms with Crippen molar-refractivity contribution in [2.75, 3.05) is 49.9 Å². The van der Waals surface area contributed by atoms with Gasteiger partial charge in [-0.05, 0) is 79.9 Å². The van der Waals surface area contributed by atoms with Crippen molar-refractivity contribution in [1.29, 1.82) is 0 Å². The van der Waals surface area contributed by atoms with Crippen molar-refractivity contribution >= 4 is 28.9 Å². The molecule has 2 saturated heterocycles. The third-order valence-corrected chi connectivity index (χ3v) is 6.64. The number of nitrogens with two attached hydrogens (primary N) is 1. The van der Waals surface area contributed by atoms with Crippen LogP contribution in [0.3, 0.4) is 0 Å². The lowest BCUT2D eigenvalue weighted by Gasteiger charge is -2.36. The number of likely N-dealkylation sites (tertiary alicyclic amines) is 1. The lowest BCUT2D eigenvalue weighted by atomic mass is 10.0. The molecular formula is C24H31ClN4O. The highest BCUT2D eigenvalue weighted by molar-refractivity contribution is 6.31. The van der Waals surface area contributed by atoms with Gasteiger partial charge in [0.25, 0.3) is 0 Å². The van der Waals surface area contributed by atoms with E-state index in [0.717, 1.165) is 60.2 Å². The first-order valence-electron chi connectivity index (χ1n) is 10.9. The van der Waals surface area contributed by atoms with Crippen LogP contribution >= 0.6 is 11.6 Å². The minimum absolute atomic E-state index is 0.157. The molecule has 2 aromatic carbocycles. The van der Waals surface area contributed by atoms with E-state index in [1.165, 1.54) is 31.5 Å². The second kappa shape index (κ2) is 9.27. The highest BCUT2D eigenvalue weighted by Crippen LogP contribution is 2.26. The molecule has 2 aliphatic heterocycles. The van der Waals surface area contributed by atoms with E-state index in [0.29, 0.717) is 6.42 Å². The summed E-state index contributed by atoms with van der Waals surface area (Å²) < 4.78 is 0. The number of halogens is 1. The quantitative estimate of drug-likeness (QED) is 0.740. The smallest absolute Gasteiger partial charge is 0.227 e. The van der Waals surface area contributed by atoms with Gasteiger partial charge in [0.05, 0.1) is 6.42 Å². The van der Waals surface area contributed by atoms with Crippen molar-refractivity contribution in [3.05, 3.63) is 58.1 Å². The number of piperazine rings is 1. The Morgan fingerprint density at radius 1 is 1.00 bits per heavy atom. The number of nitrogen functional groups attached to an aromatic ring is 1. The zero-order valence-electron chi connectivity index (χ0n) is 17.7. The van der Waals surface area contributed by atoms with Crippen molar-refractivity contribution < 1.29 is 4.79 Å². The first-order valence-corrected chi connectivity index (χ1v) is 11.3. The monoisotopic (exact) mass is 426 g/mol. The SMILES string of the molecule is Cc1cc(CN2CCCC2)cc(Cl)c1CC(=O)N1CCN(c2ccc(N)cc2)CC1. The molecule has 2 N–H and O–H groups in total. The number of carbonyl (C=O) groups excluding carboxylic acids is 1. The summed E-state index contributed by atoms with van der Waals surface area (Å²) in [5, 5.41) is 0.720. The average molecular weight is 427 g/mol. The topological polar surface area (TPSA) is 52.8 Å². The van der Waals surface area contributed by atoms with Gasteiger partial charge in [-0.3, -0.25) is 9.69 Å². The number of hydrogen-bond donors (Lipinski definition) is 1. The molecule has 0 saturated carbocycles. The molecule has 2 fully saturated rings. The maximum atomic E-state index is 12.9. The maximum absolute atomic E-state index is 12.9. The van der Waals surface area contributed by atoms with E-state index in [1.54, 1.807) is 0 Å². The number of carbonyl (C=O) groups is 1. The molecule has 5 nitrogen and oxygen atoms in total. The summed E-state index contributed by atoms with van der Waals surface area (Å²) >= 11 is 6.61. The van der Waals surface area contributed by atoms with Gasteiger partial charge in [-0.25, -0.2) is 0 Å². The molecule has 0 radical (unpaired) electrons. The van der Waals surface area contributed by atoms with E-state index in [1.807, 2.05) is 29.2 Å². The molecule has 4 rings (SSSR count). The Morgan fingerprint density at radius 3 is 2.30 bits per heavy atom. The molecule has 30 heavy (non-hydrogen) atoms. The third-order valence-electron chi connectivity index (χ3n) is 6.30. The maximum Gasteiger partial charge on any atom is 0.227 e. The summed E-state index contributed by atoms with van der Waals surface area (Å²) in [4.78, 5) is 19.7. The van der Waals surface area contributed by atoms with Crippen molar-refractivity contribution in [1.82, 2.24) is 9.80 Å². The van der Waals surface area contributed by atoms with Crippen LogP contribution in [0.15, 0.2) is 36.4 Å². The van der Waals surface area contributed by atoms with Crippen molar-refractivity contribution in [3.63, 3.8) is 0 Å². The number of rotatable bonds is 5. The van der Waals surface area contributed by atoms with Crippen molar-refractivity contribution in [3.8, 4) is 0 Å². The largest absolute Gasteiger partial charge is 0.399 e. The van der Waals surface area contributed by atoms with Crippen molar-refractivity contribution in [2.24, 2.45) is 0 Å². The van der Waals surface area contributed by atoms with E-state index < -0.39 is 0 Å². The Labute approximate surface area is 184 Å². The Bertz CT molecular complexity index is 862. The van der Waals surface area contributed by atoms with Crippen LogP contribution < -0.4 is 10.6 Å². The van der Waals surface area contributed by atoms with Gasteiger partial charge in [0.15, 0.2) is 0 Å². The zero-order chi connectivity index (χ0) is 21.1. The molecule has 1 amide bonds. The van der Waals surface area contributed by atoms with Gasteiger partial charge in [-0.15, -0.1) is 0 Å². The minimum atomic E-state index is 0.157. The summed E-state index contributed by atoms with van der Waals surface area (Å²) in [6, 6.07) is 12.2. The molecule has 6 heteroatoms. The fourth-order valence-electron chi connectivity index (χ4n) is 4.52. The Hall–Kier alpha value is -2.24. The van der Waals surface area contributed by atoms with E-state index in [-0.39, 0.29) is 5.91 Å². The second-order valence-corrected chi connectivity index (χ2v) is 8.90. The molecule has 2 heterocycles. The first-order chi connectivity index (χ1) is 14.5. The number of amides is 1. The van der Waals surface area contributed by atoms with Crippen LogP contribution in [-0.4, -0.2) is 55.0 Å². The van der Waals surface area contributed by atoms with Gasteiger partial charge < -0.3 is 15.5 Å². The highest BCUT2D eigenvalue weighted by Gasteiger charge is 2.23. The van der Waals surface area contributed by atoms with Crippen LogP contribution in [0.25, 0.3) is 0 Å². The Morgan fingerprint density at radius 2 is 1.67 bits per heavy atom. The highest BCUT2D eigenvalue weighted by atomic mass is 35.5. The number of nitrogens with zero attached hydrogens (tertiary/aromatic N) is 3. The summed E-state index contributed by atoms with van der Waals surface area (Å²) in [6.07, 6.45) is 2.94. The van der Waals surface area contributed by atoms with E-state index in [4.69, 9.17) is 17.3 Å². The van der Waals surface area contributed by atoms with Gasteiger partial charge in [0, 0.05) is 49.1 Å². The minimum Gasteiger partial charge on any atom is -0.399 e. The molecule has 2 aliphatic rings. The predicted octanol–water partition coefficient (Wildman–Crippen LogP) is 3.72. The lowest BCUT2D eigenvalue weighted by Crippen LogP contribution is -2.49. The molecule has 0 aliphatic carbocycles. The Kier molecular flexibility index (Phi) is 6.49. The fourth-order valence-corrected chi connectivity index (χ4v) is 4.88. The summed E-state index contributed by atoms with van der Waals surface area (Å²) in [5.41, 5.74) is 11.0. The van der Waals surface area contributed by atoms with E-state index >= 15 is 0 Å². The van der Waals surface area contributed by atoms with Gasteiger partial charge in [0.1, 0.15) is 0 Å². The molecule has 0 bridgehead atoms. The van der Waals surface area contributed by atoms with E-state index in [2.05, 4.69) is 28.9 Å². The summed E-state index contributed by atoms with van der Waals surface area (Å²) in [5.74, 6) is 0.157. The van der Waals surface area contributed by atoms with Crippen molar-refractivity contribution in [2.45, 2.75) is 32.7 Å². The zero-order valence-corrected chi connectivity index (χ0v) is 18.5. The normalized spacial score (nSPS) is 17.5. The van der Waals surface area contributed by atoms with E-state index in [9.17, 15) is 4.79 Å².